The van der Waals surface area contributed by atoms with Crippen molar-refractivity contribution in [2.75, 3.05) is 26.4 Å². The van der Waals surface area contributed by atoms with Crippen molar-refractivity contribution >= 4 is 11.9 Å². The summed E-state index contributed by atoms with van der Waals surface area (Å²) in [6.07, 6.45) is 1.79. The maximum Gasteiger partial charge on any atom is 0.326 e. The van der Waals surface area contributed by atoms with Gasteiger partial charge in [0.1, 0.15) is 6.04 Å². The topological polar surface area (TPSA) is 84.9 Å². The molecule has 1 rings (SSSR count). The predicted molar refractivity (Wildman–Crippen MR) is 64.2 cm³/mol. The molecular formula is C12H21NO5. The van der Waals surface area contributed by atoms with Gasteiger partial charge in [0, 0.05) is 25.6 Å². The third-order valence-corrected chi connectivity index (χ3v) is 2.93. The van der Waals surface area contributed by atoms with E-state index >= 15 is 0 Å². The number of rotatable bonds is 7. The van der Waals surface area contributed by atoms with Crippen LogP contribution in [0.15, 0.2) is 0 Å². The van der Waals surface area contributed by atoms with E-state index in [0.29, 0.717) is 26.4 Å². The van der Waals surface area contributed by atoms with Crippen molar-refractivity contribution in [3.05, 3.63) is 0 Å². The van der Waals surface area contributed by atoms with E-state index in [1.165, 1.54) is 0 Å². The maximum atomic E-state index is 11.6. The van der Waals surface area contributed by atoms with Crippen molar-refractivity contribution in [2.24, 2.45) is 5.92 Å². The summed E-state index contributed by atoms with van der Waals surface area (Å²) < 4.78 is 10.3. The zero-order chi connectivity index (χ0) is 13.4. The molecule has 0 aromatic heterocycles. The molecule has 0 bridgehead atoms. The summed E-state index contributed by atoms with van der Waals surface area (Å²) in [7, 11) is 0. The van der Waals surface area contributed by atoms with Crippen LogP contribution in [0.4, 0.5) is 0 Å². The van der Waals surface area contributed by atoms with Crippen molar-refractivity contribution < 1.29 is 24.2 Å². The van der Waals surface area contributed by atoms with Gasteiger partial charge in [-0.3, -0.25) is 4.79 Å². The number of carbonyl (C=O) groups excluding carboxylic acids is 1. The first-order valence-corrected chi connectivity index (χ1v) is 6.32. The number of carboxylic acid groups (broad SMARTS) is 1. The highest BCUT2D eigenvalue weighted by Crippen LogP contribution is 2.17. The molecule has 1 heterocycles. The van der Waals surface area contributed by atoms with Crippen molar-refractivity contribution in [3.63, 3.8) is 0 Å². The van der Waals surface area contributed by atoms with E-state index in [-0.39, 0.29) is 18.2 Å². The molecular weight excluding hydrogens is 238 g/mol. The molecule has 0 radical (unpaired) electrons. The molecule has 1 aliphatic rings. The van der Waals surface area contributed by atoms with Gasteiger partial charge in [-0.15, -0.1) is 0 Å². The monoisotopic (exact) mass is 259 g/mol. The molecule has 0 saturated carbocycles. The van der Waals surface area contributed by atoms with Crippen molar-refractivity contribution in [1.82, 2.24) is 5.32 Å². The lowest BCUT2D eigenvalue weighted by Crippen LogP contribution is -2.48. The number of carbonyl (C=O) groups is 2. The van der Waals surface area contributed by atoms with Crippen LogP contribution >= 0.6 is 0 Å². The molecule has 104 valence electrons. The van der Waals surface area contributed by atoms with Crippen LogP contribution in [0.3, 0.4) is 0 Å². The summed E-state index contributed by atoms with van der Waals surface area (Å²) in [6, 6.07) is -0.862. The highest BCUT2D eigenvalue weighted by Gasteiger charge is 2.31. The average Bonchev–Trinajstić information content (AvgIpc) is 2.37. The predicted octanol–water partition coefficient (Wildman–Crippen LogP) is 0.409. The zero-order valence-electron chi connectivity index (χ0n) is 10.7. The summed E-state index contributed by atoms with van der Waals surface area (Å²) in [4.78, 5) is 22.7. The van der Waals surface area contributed by atoms with Crippen LogP contribution < -0.4 is 5.32 Å². The number of carboxylic acids is 1. The Hall–Kier alpha value is -1.14. The molecule has 0 aromatic carbocycles. The lowest BCUT2D eigenvalue weighted by Gasteiger charge is -2.28. The van der Waals surface area contributed by atoms with Gasteiger partial charge in [-0.1, -0.05) is 0 Å². The highest BCUT2D eigenvalue weighted by atomic mass is 16.5. The van der Waals surface area contributed by atoms with Crippen LogP contribution in [0.1, 0.15) is 26.2 Å². The quantitative estimate of drug-likeness (QED) is 0.647. The fourth-order valence-electron chi connectivity index (χ4n) is 1.96. The summed E-state index contributed by atoms with van der Waals surface area (Å²) in [6.45, 7) is 3.77. The molecule has 1 aliphatic heterocycles. The molecule has 2 unspecified atom stereocenters. The largest absolute Gasteiger partial charge is 0.480 e. The van der Waals surface area contributed by atoms with Crippen LogP contribution in [0, 0.1) is 5.92 Å². The van der Waals surface area contributed by atoms with Crippen molar-refractivity contribution in [1.29, 1.82) is 0 Å². The summed E-state index contributed by atoms with van der Waals surface area (Å²) in [5, 5.41) is 11.7. The van der Waals surface area contributed by atoms with E-state index in [4.69, 9.17) is 14.6 Å². The molecule has 0 aromatic rings. The summed E-state index contributed by atoms with van der Waals surface area (Å²) in [5.41, 5.74) is 0. The Morgan fingerprint density at radius 3 is 2.89 bits per heavy atom. The average molecular weight is 259 g/mol. The number of ether oxygens (including phenoxy) is 2. The normalized spacial score (nSPS) is 21.3. The Morgan fingerprint density at radius 2 is 2.33 bits per heavy atom. The van der Waals surface area contributed by atoms with Gasteiger partial charge in [0.25, 0.3) is 0 Å². The fourth-order valence-corrected chi connectivity index (χ4v) is 1.96. The van der Waals surface area contributed by atoms with E-state index in [1.54, 1.807) is 0 Å². The Morgan fingerprint density at radius 1 is 1.56 bits per heavy atom. The van der Waals surface area contributed by atoms with Crippen LogP contribution in [0.5, 0.6) is 0 Å². The van der Waals surface area contributed by atoms with Crippen molar-refractivity contribution in [2.45, 2.75) is 32.2 Å². The second kappa shape index (κ2) is 8.05. The number of nitrogens with one attached hydrogen (secondary N) is 1. The first kappa shape index (κ1) is 14.9. The van der Waals surface area contributed by atoms with Gasteiger partial charge in [0.15, 0.2) is 0 Å². The number of hydrogen-bond donors (Lipinski definition) is 2. The standard InChI is InChI=1S/C12H21NO5/c1-2-17-7-5-10(14)13-11(12(15)16)9-4-3-6-18-8-9/h9,11H,2-8H2,1H3,(H,13,14)(H,15,16). The molecule has 6 nitrogen and oxygen atoms in total. The Bertz CT molecular complexity index is 276. The lowest BCUT2D eigenvalue weighted by atomic mass is 9.93. The number of hydrogen-bond acceptors (Lipinski definition) is 4. The molecule has 6 heteroatoms. The maximum absolute atomic E-state index is 11.6. The Balaban J connectivity index is 2.41. The highest BCUT2D eigenvalue weighted by molar-refractivity contribution is 5.83. The van der Waals surface area contributed by atoms with E-state index in [9.17, 15) is 9.59 Å². The smallest absolute Gasteiger partial charge is 0.326 e. The SMILES string of the molecule is CCOCCC(=O)NC(C(=O)O)C1CCCOC1. The minimum absolute atomic E-state index is 0.146. The van der Waals surface area contributed by atoms with Crippen LogP contribution in [0.2, 0.25) is 0 Å². The van der Waals surface area contributed by atoms with E-state index < -0.39 is 12.0 Å². The third kappa shape index (κ3) is 5.01. The molecule has 0 aliphatic carbocycles. The summed E-state index contributed by atoms with van der Waals surface area (Å²) in [5.74, 6) is -1.44. The zero-order valence-corrected chi connectivity index (χ0v) is 10.7. The second-order valence-corrected chi connectivity index (χ2v) is 4.31. The van der Waals surface area contributed by atoms with E-state index in [2.05, 4.69) is 5.32 Å². The van der Waals surface area contributed by atoms with Gasteiger partial charge < -0.3 is 19.9 Å². The third-order valence-electron chi connectivity index (χ3n) is 2.93. The van der Waals surface area contributed by atoms with Crippen molar-refractivity contribution in [3.8, 4) is 0 Å². The van der Waals surface area contributed by atoms with Gasteiger partial charge in [0.2, 0.25) is 5.91 Å². The van der Waals surface area contributed by atoms with E-state index in [1.807, 2.05) is 6.92 Å². The molecule has 2 atom stereocenters. The first-order chi connectivity index (χ1) is 8.65. The first-order valence-electron chi connectivity index (χ1n) is 6.32. The molecule has 1 saturated heterocycles. The molecule has 0 spiro atoms. The minimum atomic E-state index is -1.00. The van der Waals surface area contributed by atoms with Gasteiger partial charge in [0.05, 0.1) is 13.2 Å². The lowest BCUT2D eigenvalue weighted by molar-refractivity contribution is -0.145. The molecule has 2 N–H and O–H groups in total. The van der Waals surface area contributed by atoms with Gasteiger partial charge in [-0.2, -0.15) is 0 Å². The summed E-state index contributed by atoms with van der Waals surface area (Å²) >= 11 is 0. The second-order valence-electron chi connectivity index (χ2n) is 4.31. The van der Waals surface area contributed by atoms with Gasteiger partial charge in [-0.25, -0.2) is 4.79 Å². The van der Waals surface area contributed by atoms with Crippen LogP contribution in [0.25, 0.3) is 0 Å². The number of amides is 1. The fraction of sp³-hybridized carbons (Fsp3) is 0.833. The number of aliphatic carboxylic acids is 1. The molecule has 1 fully saturated rings. The van der Waals surface area contributed by atoms with Gasteiger partial charge >= 0.3 is 5.97 Å². The Kier molecular flexibility index (Phi) is 6.67. The molecule has 18 heavy (non-hydrogen) atoms. The van der Waals surface area contributed by atoms with Gasteiger partial charge in [-0.05, 0) is 19.8 Å². The van der Waals surface area contributed by atoms with Crippen LogP contribution in [-0.4, -0.2) is 49.5 Å². The minimum Gasteiger partial charge on any atom is -0.480 e. The van der Waals surface area contributed by atoms with E-state index in [0.717, 1.165) is 12.8 Å². The molecule has 1 amide bonds. The Labute approximate surface area is 107 Å². The van der Waals surface area contributed by atoms with Crippen LogP contribution in [-0.2, 0) is 19.1 Å².